The minimum absolute atomic E-state index is 0.0414. The van der Waals surface area contributed by atoms with Crippen molar-refractivity contribution in [3.8, 4) is 5.75 Å². The van der Waals surface area contributed by atoms with Crippen molar-refractivity contribution in [2.24, 2.45) is 11.8 Å². The largest absolute Gasteiger partial charge is 0.496 e. The number of ketones is 1. The van der Waals surface area contributed by atoms with Gasteiger partial charge in [-0.1, -0.05) is 13.0 Å². The molecule has 4 nitrogen and oxygen atoms in total. The Balaban J connectivity index is 1.89. The lowest BCUT2D eigenvalue weighted by Crippen LogP contribution is -2.45. The molecule has 1 aliphatic heterocycles. The lowest BCUT2D eigenvalue weighted by Gasteiger charge is -2.38. The van der Waals surface area contributed by atoms with E-state index in [4.69, 9.17) is 14.2 Å². The summed E-state index contributed by atoms with van der Waals surface area (Å²) in [5.41, 5.74) is 0.801. The van der Waals surface area contributed by atoms with Crippen molar-refractivity contribution in [1.29, 1.82) is 0 Å². The van der Waals surface area contributed by atoms with Crippen molar-refractivity contribution in [2.45, 2.75) is 38.7 Å². The maximum absolute atomic E-state index is 14.5. The van der Waals surface area contributed by atoms with Gasteiger partial charge in [-0.3, -0.25) is 4.79 Å². The lowest BCUT2D eigenvalue weighted by molar-refractivity contribution is -0.123. The van der Waals surface area contributed by atoms with Gasteiger partial charge in [-0.2, -0.15) is 0 Å². The number of hydrogen-bond donors (Lipinski definition) is 0. The number of rotatable bonds is 6. The second-order valence-corrected chi connectivity index (χ2v) is 7.15. The van der Waals surface area contributed by atoms with Gasteiger partial charge in [-0.15, -0.1) is 6.58 Å². The summed E-state index contributed by atoms with van der Waals surface area (Å²) in [6.07, 6.45) is 4.91. The highest BCUT2D eigenvalue weighted by atomic mass is 19.1. The normalized spacial score (nSPS) is 25.9. The predicted molar refractivity (Wildman–Crippen MR) is 96.3 cm³/mol. The number of halogens is 1. The van der Waals surface area contributed by atoms with Gasteiger partial charge in [0.25, 0.3) is 0 Å². The maximum Gasteiger partial charge on any atom is 0.189 e. The van der Waals surface area contributed by atoms with E-state index in [0.717, 1.165) is 5.56 Å². The molecule has 0 spiro atoms. The van der Waals surface area contributed by atoms with Crippen LogP contribution in [0.4, 0.5) is 4.39 Å². The Morgan fingerprint density at radius 2 is 2.27 bits per heavy atom. The summed E-state index contributed by atoms with van der Waals surface area (Å²) < 4.78 is 31.3. The molecule has 2 aliphatic rings. The van der Waals surface area contributed by atoms with Crippen LogP contribution in [0.2, 0.25) is 0 Å². The molecule has 1 saturated heterocycles. The van der Waals surface area contributed by atoms with E-state index in [2.05, 4.69) is 6.58 Å². The van der Waals surface area contributed by atoms with Crippen LogP contribution in [-0.4, -0.2) is 25.3 Å². The van der Waals surface area contributed by atoms with Crippen molar-refractivity contribution >= 4 is 5.78 Å². The summed E-state index contributed by atoms with van der Waals surface area (Å²) in [5.74, 6) is 0.615. The highest BCUT2D eigenvalue weighted by Crippen LogP contribution is 2.46. The lowest BCUT2D eigenvalue weighted by atomic mass is 9.71. The zero-order chi connectivity index (χ0) is 18.9. The summed E-state index contributed by atoms with van der Waals surface area (Å²) in [5, 5.41) is 0. The summed E-state index contributed by atoms with van der Waals surface area (Å²) in [6.45, 7) is 7.77. The number of fused-ring (bicyclic) bond motifs is 1. The number of allylic oxidation sites excluding steroid dienone is 2. The molecule has 0 aromatic heterocycles. The van der Waals surface area contributed by atoms with Gasteiger partial charge in [0, 0.05) is 18.1 Å². The molecular formula is C21H25FO4. The molecule has 1 unspecified atom stereocenters. The van der Waals surface area contributed by atoms with Crippen molar-refractivity contribution in [3.05, 3.63) is 53.6 Å². The molecule has 0 bridgehead atoms. The number of carbonyl (C=O) groups excluding carboxylic acids is 1. The molecule has 1 aromatic rings. The van der Waals surface area contributed by atoms with E-state index in [-0.39, 0.29) is 30.2 Å². The van der Waals surface area contributed by atoms with E-state index < -0.39 is 5.60 Å². The Morgan fingerprint density at radius 3 is 2.96 bits per heavy atom. The Kier molecular flexibility index (Phi) is 5.19. The van der Waals surface area contributed by atoms with Gasteiger partial charge < -0.3 is 14.2 Å². The van der Waals surface area contributed by atoms with E-state index in [0.29, 0.717) is 36.3 Å². The number of methoxy groups -OCH3 is 1. The fourth-order valence-electron chi connectivity index (χ4n) is 4.01. The molecule has 1 fully saturated rings. The zero-order valence-electron chi connectivity index (χ0n) is 15.5. The SMILES string of the molecule is C=CC[C@H]1C[C@]2(C(C)Cc3cc(C)c(OC)cc3F)OCOC2=CC1=O. The predicted octanol–water partition coefficient (Wildman–Crippen LogP) is 4.11. The van der Waals surface area contributed by atoms with Gasteiger partial charge in [0.1, 0.15) is 22.9 Å². The number of ether oxygens (including phenoxy) is 3. The fourth-order valence-corrected chi connectivity index (χ4v) is 4.01. The van der Waals surface area contributed by atoms with E-state index >= 15 is 0 Å². The molecule has 1 aliphatic carbocycles. The molecule has 0 N–H and O–H groups in total. The first-order valence-corrected chi connectivity index (χ1v) is 8.88. The first kappa shape index (κ1) is 18.6. The highest BCUT2D eigenvalue weighted by molar-refractivity contribution is 5.93. The average Bonchev–Trinajstić information content (AvgIpc) is 3.02. The number of hydrogen-bond acceptors (Lipinski definition) is 4. The van der Waals surface area contributed by atoms with Crippen molar-refractivity contribution in [2.75, 3.05) is 13.9 Å². The second kappa shape index (κ2) is 7.23. The summed E-state index contributed by atoms with van der Waals surface area (Å²) in [7, 11) is 1.53. The molecule has 140 valence electrons. The van der Waals surface area contributed by atoms with Crippen LogP contribution < -0.4 is 4.74 Å². The molecular weight excluding hydrogens is 335 g/mol. The van der Waals surface area contributed by atoms with Crippen molar-refractivity contribution in [3.63, 3.8) is 0 Å². The quantitative estimate of drug-likeness (QED) is 0.716. The third kappa shape index (κ3) is 3.16. The fraction of sp³-hybridized carbons (Fsp3) is 0.476. The van der Waals surface area contributed by atoms with Crippen LogP contribution in [0.25, 0.3) is 0 Å². The highest BCUT2D eigenvalue weighted by Gasteiger charge is 2.51. The molecule has 5 heteroatoms. The Hall–Kier alpha value is -2.14. The minimum Gasteiger partial charge on any atom is -0.496 e. The van der Waals surface area contributed by atoms with E-state index in [9.17, 15) is 9.18 Å². The van der Waals surface area contributed by atoms with E-state index in [1.165, 1.54) is 13.2 Å². The van der Waals surface area contributed by atoms with Crippen LogP contribution in [0.15, 0.2) is 36.6 Å². The number of benzene rings is 1. The maximum atomic E-state index is 14.5. The topological polar surface area (TPSA) is 44.8 Å². The molecule has 3 atom stereocenters. The number of aryl methyl sites for hydroxylation is 1. The van der Waals surface area contributed by atoms with Crippen LogP contribution in [-0.2, 0) is 20.7 Å². The van der Waals surface area contributed by atoms with Crippen molar-refractivity contribution in [1.82, 2.24) is 0 Å². The molecule has 1 heterocycles. The number of carbonyl (C=O) groups is 1. The average molecular weight is 360 g/mol. The smallest absolute Gasteiger partial charge is 0.189 e. The summed E-state index contributed by atoms with van der Waals surface area (Å²) in [6, 6.07) is 3.23. The second-order valence-electron chi connectivity index (χ2n) is 7.15. The van der Waals surface area contributed by atoms with Crippen LogP contribution in [0.5, 0.6) is 5.75 Å². The van der Waals surface area contributed by atoms with Crippen LogP contribution >= 0.6 is 0 Å². The molecule has 3 rings (SSSR count). The molecule has 26 heavy (non-hydrogen) atoms. The molecule has 1 aromatic carbocycles. The summed E-state index contributed by atoms with van der Waals surface area (Å²) >= 11 is 0. The molecule has 0 radical (unpaired) electrons. The van der Waals surface area contributed by atoms with Crippen LogP contribution in [0.3, 0.4) is 0 Å². The van der Waals surface area contributed by atoms with Crippen molar-refractivity contribution < 1.29 is 23.4 Å². The van der Waals surface area contributed by atoms with Crippen LogP contribution in [0, 0.1) is 24.6 Å². The third-order valence-corrected chi connectivity index (χ3v) is 5.51. The molecule has 0 amide bonds. The van der Waals surface area contributed by atoms with Gasteiger partial charge >= 0.3 is 0 Å². The minimum atomic E-state index is -0.693. The standard InChI is InChI=1S/C21H25FO4/c1-5-6-15-11-21(20(10-18(15)23)25-12-26-21)14(3)8-16-7-13(2)19(24-4)9-17(16)22/h5,7,9-10,14-15H,1,6,8,11-12H2,2-4H3/t14?,15-,21+/m0/s1. The molecule has 0 saturated carbocycles. The zero-order valence-corrected chi connectivity index (χ0v) is 15.5. The Morgan fingerprint density at radius 1 is 1.50 bits per heavy atom. The van der Waals surface area contributed by atoms with Gasteiger partial charge in [-0.05, 0) is 49.3 Å². The summed E-state index contributed by atoms with van der Waals surface area (Å²) in [4.78, 5) is 12.3. The Bertz CT molecular complexity index is 755. The van der Waals surface area contributed by atoms with Gasteiger partial charge in [0.15, 0.2) is 12.6 Å². The van der Waals surface area contributed by atoms with E-state index in [1.807, 2.05) is 19.9 Å². The van der Waals surface area contributed by atoms with Crippen LogP contribution in [0.1, 0.15) is 30.9 Å². The Labute approximate surface area is 153 Å². The van der Waals surface area contributed by atoms with E-state index in [1.54, 1.807) is 12.2 Å². The first-order chi connectivity index (χ1) is 12.4. The van der Waals surface area contributed by atoms with Gasteiger partial charge in [-0.25, -0.2) is 4.39 Å². The first-order valence-electron chi connectivity index (χ1n) is 8.88. The van der Waals surface area contributed by atoms with Gasteiger partial charge in [0.2, 0.25) is 0 Å². The van der Waals surface area contributed by atoms with Gasteiger partial charge in [0.05, 0.1) is 7.11 Å². The third-order valence-electron chi connectivity index (χ3n) is 5.51. The monoisotopic (exact) mass is 360 g/mol.